The lowest BCUT2D eigenvalue weighted by Gasteiger charge is -2.12. The minimum Gasteiger partial charge on any atom is -0.482 e. The molecule has 0 fully saturated rings. The number of hydrogen-bond donors (Lipinski definition) is 0. The number of aryl methyl sites for hydroxylation is 1. The number of nitrogens with zero attached hydrogens (tertiary/aromatic N) is 4. The van der Waals surface area contributed by atoms with Crippen LogP contribution in [0.15, 0.2) is 43.0 Å². The molecule has 0 atom stereocenters. The Hall–Kier alpha value is -3.57. The van der Waals surface area contributed by atoms with Crippen LogP contribution in [0.1, 0.15) is 21.5 Å². The summed E-state index contributed by atoms with van der Waals surface area (Å²) in [6.07, 6.45) is -3.97. The average Bonchev–Trinajstić information content (AvgIpc) is 3.29. The van der Waals surface area contributed by atoms with Crippen LogP contribution in [0, 0.1) is 6.92 Å². The van der Waals surface area contributed by atoms with E-state index in [1.807, 2.05) is 0 Å². The molecule has 1 aromatic carbocycles. The summed E-state index contributed by atoms with van der Waals surface area (Å²) >= 11 is 0. The molecule has 3 aromatic rings. The van der Waals surface area contributed by atoms with Gasteiger partial charge in [0.2, 0.25) is 0 Å². The summed E-state index contributed by atoms with van der Waals surface area (Å²) in [6, 6.07) is 4.80. The van der Waals surface area contributed by atoms with Crippen molar-refractivity contribution in [1.82, 2.24) is 14.8 Å². The maximum Gasteiger partial charge on any atom is 0.422 e. The second kappa shape index (κ2) is 8.09. The molecule has 0 aliphatic carbocycles. The Bertz CT molecular complexity index is 1200. The van der Waals surface area contributed by atoms with E-state index in [0.29, 0.717) is 32.5 Å². The van der Waals surface area contributed by atoms with Gasteiger partial charge in [0.15, 0.2) is 6.61 Å². The van der Waals surface area contributed by atoms with Gasteiger partial charge in [-0.2, -0.15) is 31.4 Å². The highest BCUT2D eigenvalue weighted by Crippen LogP contribution is 2.35. The summed E-state index contributed by atoms with van der Waals surface area (Å²) in [5.41, 5.74) is 2.98. The van der Waals surface area contributed by atoms with Crippen molar-refractivity contribution in [2.24, 2.45) is 0 Å². The van der Waals surface area contributed by atoms with Gasteiger partial charge in [0.25, 0.3) is 5.91 Å². The molecule has 0 bridgehead atoms. The summed E-state index contributed by atoms with van der Waals surface area (Å²) in [5.74, 6) is -0.432. The van der Waals surface area contributed by atoms with Gasteiger partial charge in [-0.25, -0.2) is 0 Å². The van der Waals surface area contributed by atoms with Crippen molar-refractivity contribution in [1.29, 1.82) is 0 Å². The van der Waals surface area contributed by atoms with Crippen molar-refractivity contribution in [3.05, 3.63) is 59.7 Å². The summed E-state index contributed by atoms with van der Waals surface area (Å²) < 4.78 is 80.5. The molecule has 0 saturated carbocycles. The SMILES string of the molecule is Cc1cc(-c2cncc(OCC(F)(F)F)c2)cc2c1C(=O)N(c1cnn(CC(F)(F)F)c1)C2. The van der Waals surface area contributed by atoms with Crippen molar-refractivity contribution >= 4 is 11.6 Å². The second-order valence-corrected chi connectivity index (χ2v) is 7.54. The van der Waals surface area contributed by atoms with Crippen molar-refractivity contribution in [3.8, 4) is 16.9 Å². The fraction of sp³-hybridized carbons (Fsp3) is 0.286. The largest absolute Gasteiger partial charge is 0.482 e. The standard InChI is InChI=1S/C21H16F6N4O2/c1-12-2-13(14-4-17(7-28-5-14)33-11-21(25,26)27)3-15-8-31(19(32)18(12)15)16-6-29-30(9-16)10-20(22,23)24/h2-7,9H,8,10-11H2,1H3. The van der Waals surface area contributed by atoms with Crippen molar-refractivity contribution in [2.45, 2.75) is 32.4 Å². The van der Waals surface area contributed by atoms with Crippen LogP contribution in [-0.4, -0.2) is 39.6 Å². The number of aromatic nitrogens is 3. The van der Waals surface area contributed by atoms with Gasteiger partial charge < -0.3 is 9.64 Å². The van der Waals surface area contributed by atoms with Gasteiger partial charge in [0.1, 0.15) is 12.3 Å². The van der Waals surface area contributed by atoms with E-state index in [4.69, 9.17) is 4.74 Å². The van der Waals surface area contributed by atoms with E-state index in [-0.39, 0.29) is 23.9 Å². The summed E-state index contributed by atoms with van der Waals surface area (Å²) in [5, 5.41) is 3.68. The Morgan fingerprint density at radius 3 is 2.45 bits per heavy atom. The van der Waals surface area contributed by atoms with E-state index < -0.39 is 25.5 Å². The number of alkyl halides is 6. The van der Waals surface area contributed by atoms with Crippen LogP contribution in [0.4, 0.5) is 32.0 Å². The normalized spacial score (nSPS) is 14.0. The molecule has 6 nitrogen and oxygen atoms in total. The predicted molar refractivity (Wildman–Crippen MR) is 105 cm³/mol. The van der Waals surface area contributed by atoms with Gasteiger partial charge in [-0.1, -0.05) is 6.07 Å². The van der Waals surface area contributed by atoms with Crippen LogP contribution in [0.5, 0.6) is 5.75 Å². The Labute approximate surface area is 183 Å². The molecule has 0 unspecified atom stereocenters. The molecular formula is C21H16F6N4O2. The predicted octanol–water partition coefficient (Wildman–Crippen LogP) is 4.92. The molecule has 1 aliphatic heterocycles. The van der Waals surface area contributed by atoms with Gasteiger partial charge in [-0.15, -0.1) is 0 Å². The highest BCUT2D eigenvalue weighted by atomic mass is 19.4. The first kappa shape index (κ1) is 22.6. The number of halogens is 6. The van der Waals surface area contributed by atoms with E-state index in [2.05, 4.69) is 10.1 Å². The first-order valence-electron chi connectivity index (χ1n) is 9.59. The zero-order valence-corrected chi connectivity index (χ0v) is 17.0. The molecule has 4 rings (SSSR count). The molecular weight excluding hydrogens is 454 g/mol. The van der Waals surface area contributed by atoms with Crippen LogP contribution in [0.2, 0.25) is 0 Å². The fourth-order valence-electron chi connectivity index (χ4n) is 3.63. The number of carbonyl (C=O) groups excluding carboxylic acids is 1. The number of carbonyl (C=O) groups is 1. The van der Waals surface area contributed by atoms with Gasteiger partial charge in [-0.05, 0) is 35.7 Å². The van der Waals surface area contributed by atoms with Crippen molar-refractivity contribution < 1.29 is 35.9 Å². The quantitative estimate of drug-likeness (QED) is 0.497. The Morgan fingerprint density at radius 1 is 1.00 bits per heavy atom. The number of benzene rings is 1. The topological polar surface area (TPSA) is 60.2 Å². The summed E-state index contributed by atoms with van der Waals surface area (Å²) in [6.45, 7) is -0.912. The monoisotopic (exact) mass is 470 g/mol. The van der Waals surface area contributed by atoms with Crippen LogP contribution in [0.3, 0.4) is 0 Å². The molecule has 0 saturated heterocycles. The van der Waals surface area contributed by atoms with Crippen LogP contribution >= 0.6 is 0 Å². The Kier molecular flexibility index (Phi) is 5.54. The van der Waals surface area contributed by atoms with E-state index in [9.17, 15) is 31.1 Å². The number of fused-ring (bicyclic) bond motifs is 1. The van der Waals surface area contributed by atoms with Gasteiger partial charge in [-0.3, -0.25) is 14.5 Å². The zero-order valence-electron chi connectivity index (χ0n) is 17.0. The van der Waals surface area contributed by atoms with Crippen molar-refractivity contribution in [2.75, 3.05) is 11.5 Å². The number of ether oxygens (including phenoxy) is 1. The molecule has 0 N–H and O–H groups in total. The Morgan fingerprint density at radius 2 is 1.76 bits per heavy atom. The number of amides is 1. The average molecular weight is 470 g/mol. The lowest BCUT2D eigenvalue weighted by Crippen LogP contribution is -2.23. The van der Waals surface area contributed by atoms with Crippen LogP contribution in [-0.2, 0) is 13.1 Å². The number of rotatable bonds is 5. The molecule has 1 amide bonds. The number of anilines is 1. The van der Waals surface area contributed by atoms with Gasteiger partial charge in [0, 0.05) is 23.5 Å². The second-order valence-electron chi connectivity index (χ2n) is 7.54. The molecule has 3 heterocycles. The third kappa shape index (κ3) is 5.10. The van der Waals surface area contributed by atoms with E-state index in [1.165, 1.54) is 29.6 Å². The van der Waals surface area contributed by atoms with Gasteiger partial charge >= 0.3 is 12.4 Å². The minimum atomic E-state index is -4.49. The van der Waals surface area contributed by atoms with Gasteiger partial charge in [0.05, 0.1) is 24.6 Å². The molecule has 2 aromatic heterocycles. The lowest BCUT2D eigenvalue weighted by atomic mass is 9.97. The fourth-order valence-corrected chi connectivity index (χ4v) is 3.63. The van der Waals surface area contributed by atoms with Crippen LogP contribution < -0.4 is 9.64 Å². The first-order valence-corrected chi connectivity index (χ1v) is 9.59. The third-order valence-electron chi connectivity index (χ3n) is 4.93. The summed E-state index contributed by atoms with van der Waals surface area (Å²) in [7, 11) is 0. The number of hydrogen-bond acceptors (Lipinski definition) is 4. The zero-order chi connectivity index (χ0) is 24.0. The smallest absolute Gasteiger partial charge is 0.422 e. The van der Waals surface area contributed by atoms with E-state index in [0.717, 1.165) is 6.20 Å². The summed E-state index contributed by atoms with van der Waals surface area (Å²) in [4.78, 5) is 18.2. The maximum absolute atomic E-state index is 12.9. The third-order valence-corrected chi connectivity index (χ3v) is 4.93. The maximum atomic E-state index is 12.9. The van der Waals surface area contributed by atoms with Crippen LogP contribution in [0.25, 0.3) is 11.1 Å². The molecule has 33 heavy (non-hydrogen) atoms. The highest BCUT2D eigenvalue weighted by Gasteiger charge is 2.33. The minimum absolute atomic E-state index is 0.0576. The Balaban J connectivity index is 1.59. The number of pyridine rings is 1. The first-order chi connectivity index (χ1) is 15.4. The van der Waals surface area contributed by atoms with E-state index in [1.54, 1.807) is 19.1 Å². The lowest BCUT2D eigenvalue weighted by molar-refractivity contribution is -0.153. The van der Waals surface area contributed by atoms with Crippen molar-refractivity contribution in [3.63, 3.8) is 0 Å². The molecule has 174 valence electrons. The molecule has 12 heteroatoms. The highest BCUT2D eigenvalue weighted by molar-refractivity contribution is 6.11. The van der Waals surface area contributed by atoms with E-state index >= 15 is 0 Å². The molecule has 0 radical (unpaired) electrons. The molecule has 0 spiro atoms. The molecule has 1 aliphatic rings.